The van der Waals surface area contributed by atoms with Crippen LogP contribution in [0.5, 0.6) is 5.75 Å². The number of thioether (sulfide) groups is 1. The second-order valence-corrected chi connectivity index (χ2v) is 13.4. The summed E-state index contributed by atoms with van der Waals surface area (Å²) in [6.45, 7) is 0. The monoisotopic (exact) mass is 676 g/mol. The molecule has 0 radical (unpaired) electrons. The normalized spacial score (nSPS) is 18.6. The van der Waals surface area contributed by atoms with Crippen LogP contribution in [0.25, 0.3) is 11.1 Å². The lowest BCUT2D eigenvalue weighted by Crippen LogP contribution is -2.45. The Bertz CT molecular complexity index is 1890. The molecule has 2 amide bonds. The van der Waals surface area contributed by atoms with Gasteiger partial charge in [-0.1, -0.05) is 60.3 Å². The van der Waals surface area contributed by atoms with E-state index >= 15 is 4.39 Å². The summed E-state index contributed by atoms with van der Waals surface area (Å²) in [5.74, 6) is -2.67. The van der Waals surface area contributed by atoms with Crippen molar-refractivity contribution in [2.75, 3.05) is 12.4 Å². The molecular formula is C31H24F4N2O7S2. The molecule has 0 saturated heterocycles. The predicted molar refractivity (Wildman–Crippen MR) is 162 cm³/mol. The topological polar surface area (TPSA) is 139 Å². The Labute approximate surface area is 264 Å². The van der Waals surface area contributed by atoms with E-state index < -0.39 is 54.5 Å². The van der Waals surface area contributed by atoms with E-state index in [0.717, 1.165) is 35.5 Å². The Morgan fingerprint density at radius 1 is 1.04 bits per heavy atom. The van der Waals surface area contributed by atoms with Crippen molar-refractivity contribution in [1.29, 1.82) is 0 Å². The number of halogens is 4. The number of hydrogen-bond acceptors (Lipinski definition) is 7. The molecule has 0 aromatic heterocycles. The molecule has 0 spiro atoms. The number of carbonyl (C=O) groups excluding carboxylic acids is 2. The first kappa shape index (κ1) is 32.8. The molecule has 9 nitrogen and oxygen atoms in total. The number of carbonyl (C=O) groups is 3. The first-order chi connectivity index (χ1) is 21.7. The molecule has 2 bridgehead atoms. The van der Waals surface area contributed by atoms with Crippen LogP contribution in [0.15, 0.2) is 89.4 Å². The van der Waals surface area contributed by atoms with Crippen LogP contribution in [0.4, 0.5) is 28.0 Å². The van der Waals surface area contributed by atoms with Crippen molar-refractivity contribution >= 4 is 44.4 Å². The third-order valence-electron chi connectivity index (χ3n) is 7.35. The molecule has 240 valence electrons. The largest absolute Gasteiger partial charge is 0.501 e. The van der Waals surface area contributed by atoms with Crippen LogP contribution < -0.4 is 15.4 Å². The van der Waals surface area contributed by atoms with Gasteiger partial charge in [-0.15, -0.1) is 0 Å². The Balaban J connectivity index is 1.33. The third-order valence-corrected chi connectivity index (χ3v) is 9.97. The molecule has 2 aliphatic carbocycles. The van der Waals surface area contributed by atoms with Crippen LogP contribution in [0.1, 0.15) is 15.9 Å². The van der Waals surface area contributed by atoms with Crippen molar-refractivity contribution in [3.8, 4) is 16.9 Å². The van der Waals surface area contributed by atoms with Gasteiger partial charge in [0.15, 0.2) is 0 Å². The van der Waals surface area contributed by atoms with Crippen LogP contribution >= 0.6 is 11.8 Å². The van der Waals surface area contributed by atoms with Crippen LogP contribution in [-0.4, -0.2) is 54.5 Å². The average Bonchev–Trinajstić information content (AvgIpc) is 3.59. The van der Waals surface area contributed by atoms with E-state index in [1.165, 1.54) is 31.4 Å². The number of aliphatic carboxylic acids is 1. The molecule has 3 N–H and O–H groups in total. The zero-order chi connectivity index (χ0) is 33.4. The Morgan fingerprint density at radius 3 is 2.41 bits per heavy atom. The van der Waals surface area contributed by atoms with Crippen LogP contribution in [0, 0.1) is 11.7 Å². The maximum absolute atomic E-state index is 15.1. The minimum Gasteiger partial charge on any atom is -0.496 e. The van der Waals surface area contributed by atoms with E-state index in [1.54, 1.807) is 18.2 Å². The van der Waals surface area contributed by atoms with Crippen LogP contribution in [-0.2, 0) is 21.1 Å². The number of alkyl halides is 3. The van der Waals surface area contributed by atoms with Crippen molar-refractivity contribution in [1.82, 2.24) is 5.32 Å². The zero-order valence-electron chi connectivity index (χ0n) is 23.7. The lowest BCUT2D eigenvalue weighted by molar-refractivity contribution is -0.136. The second kappa shape index (κ2) is 12.6. The molecule has 15 heteroatoms. The fraction of sp³-hybridized carbons (Fsp3) is 0.194. The Morgan fingerprint density at radius 2 is 1.76 bits per heavy atom. The first-order valence-corrected chi connectivity index (χ1v) is 15.8. The molecule has 0 aliphatic heterocycles. The number of amides is 2. The highest BCUT2D eigenvalue weighted by Crippen LogP contribution is 2.42. The molecule has 3 atom stereocenters. The molecule has 0 heterocycles. The predicted octanol–water partition coefficient (Wildman–Crippen LogP) is 5.98. The number of nitrogens with one attached hydrogen (secondary N) is 2. The van der Waals surface area contributed by atoms with E-state index in [4.69, 9.17) is 9.84 Å². The fourth-order valence-corrected chi connectivity index (χ4v) is 7.06. The van der Waals surface area contributed by atoms with Gasteiger partial charge in [0.05, 0.1) is 35.3 Å². The van der Waals surface area contributed by atoms with Gasteiger partial charge >= 0.3 is 11.5 Å². The maximum atomic E-state index is 15.1. The fourth-order valence-electron chi connectivity index (χ4n) is 5.16. The SMILES string of the molecule is COc1cc(F)c(-c2ccc(CC(=O)O)cc2)cc1C(=O)N[C@H]1C(SC(=O)Nc2cccc(S(=O)(=O)C(F)(F)F)c2)C2=C[C@@H]1C=C2. The molecule has 3 aromatic carbocycles. The summed E-state index contributed by atoms with van der Waals surface area (Å²) in [5, 5.41) is 13.0. The molecular weight excluding hydrogens is 652 g/mol. The molecule has 0 fully saturated rings. The molecule has 5 rings (SSSR count). The highest BCUT2D eigenvalue weighted by Gasteiger charge is 2.47. The Kier molecular flexibility index (Phi) is 9.00. The van der Waals surface area contributed by atoms with E-state index in [0.29, 0.717) is 17.2 Å². The summed E-state index contributed by atoms with van der Waals surface area (Å²) in [6.07, 6.45) is 5.24. The number of benzene rings is 3. The van der Waals surface area contributed by atoms with Crippen LogP contribution in [0.3, 0.4) is 0 Å². The van der Waals surface area contributed by atoms with E-state index in [2.05, 4.69) is 10.6 Å². The van der Waals surface area contributed by atoms with Gasteiger partial charge in [0.1, 0.15) is 11.6 Å². The molecule has 46 heavy (non-hydrogen) atoms. The number of anilines is 1. The number of allylic oxidation sites excluding steroid dienone is 1. The first-order valence-electron chi connectivity index (χ1n) is 13.5. The smallest absolute Gasteiger partial charge is 0.496 e. The quantitative estimate of drug-likeness (QED) is 0.236. The van der Waals surface area contributed by atoms with Gasteiger partial charge < -0.3 is 20.5 Å². The number of sulfone groups is 1. The number of methoxy groups -OCH3 is 1. The molecule has 3 aromatic rings. The van der Waals surface area contributed by atoms with Crippen molar-refractivity contribution in [3.05, 3.63) is 101 Å². The summed E-state index contributed by atoms with van der Waals surface area (Å²) in [4.78, 5) is 36.5. The van der Waals surface area contributed by atoms with Crippen molar-refractivity contribution < 1.29 is 50.2 Å². The third kappa shape index (κ3) is 6.65. The summed E-state index contributed by atoms with van der Waals surface area (Å²) in [7, 11) is -4.36. The number of ether oxygens (including phenoxy) is 1. The number of hydrogen-bond donors (Lipinski definition) is 3. The standard InChI is InChI=1S/C31H24F4N2O7S2/c1-44-25-15-24(32)22(17-7-5-16(6-8-17)11-26(38)39)14-23(25)29(40)37-27-18-9-10-19(12-18)28(27)45-30(41)36-20-3-2-4-21(13-20)46(42,43)31(33,34)35/h2-10,12-15,18,27-28H,11H2,1H3,(H,36,41)(H,37,40)(H,38,39)/t18-,27+,28?/m0/s1. The van der Waals surface area contributed by atoms with Crippen molar-refractivity contribution in [2.24, 2.45) is 5.92 Å². The lowest BCUT2D eigenvalue weighted by atomic mass is 9.97. The lowest BCUT2D eigenvalue weighted by Gasteiger charge is -2.28. The van der Waals surface area contributed by atoms with E-state index in [9.17, 15) is 36.0 Å². The van der Waals surface area contributed by atoms with E-state index in [-0.39, 0.29) is 34.9 Å². The van der Waals surface area contributed by atoms with Gasteiger partial charge in [-0.2, -0.15) is 13.2 Å². The molecule has 2 aliphatic rings. The van der Waals surface area contributed by atoms with Gasteiger partial charge in [-0.05, 0) is 41.0 Å². The second-order valence-electron chi connectivity index (χ2n) is 10.3. The van der Waals surface area contributed by atoms with Crippen molar-refractivity contribution in [2.45, 2.75) is 28.1 Å². The van der Waals surface area contributed by atoms with Gasteiger partial charge in [0, 0.05) is 23.2 Å². The number of carboxylic acid groups (broad SMARTS) is 1. The average molecular weight is 677 g/mol. The van der Waals surface area contributed by atoms with Gasteiger partial charge in [-0.25, -0.2) is 12.8 Å². The van der Waals surface area contributed by atoms with Gasteiger partial charge in [0.25, 0.3) is 21.0 Å². The Hall–Kier alpha value is -4.63. The summed E-state index contributed by atoms with van der Waals surface area (Å²) in [6, 6.07) is 11.7. The van der Waals surface area contributed by atoms with Crippen molar-refractivity contribution in [3.63, 3.8) is 0 Å². The van der Waals surface area contributed by atoms with Crippen LogP contribution in [0.2, 0.25) is 0 Å². The highest BCUT2D eigenvalue weighted by atomic mass is 32.2. The minimum atomic E-state index is -5.63. The van der Waals surface area contributed by atoms with Gasteiger partial charge in [0.2, 0.25) is 0 Å². The maximum Gasteiger partial charge on any atom is 0.501 e. The number of carboxylic acids is 1. The number of fused-ring (bicyclic) bond motifs is 1. The minimum absolute atomic E-state index is 0.00107. The number of rotatable bonds is 9. The van der Waals surface area contributed by atoms with Gasteiger partial charge in [-0.3, -0.25) is 14.4 Å². The summed E-state index contributed by atoms with van der Waals surface area (Å²) in [5.41, 5.74) is -3.99. The summed E-state index contributed by atoms with van der Waals surface area (Å²) < 4.78 is 82.9. The highest BCUT2D eigenvalue weighted by molar-refractivity contribution is 8.14. The summed E-state index contributed by atoms with van der Waals surface area (Å²) >= 11 is 0.758. The van der Waals surface area contributed by atoms with E-state index in [1.807, 2.05) is 12.2 Å². The zero-order valence-corrected chi connectivity index (χ0v) is 25.3. The molecule has 1 unspecified atom stereocenters. The molecule has 0 saturated carbocycles.